The molecule has 0 radical (unpaired) electrons. The van der Waals surface area contributed by atoms with Gasteiger partial charge in [-0.15, -0.1) is 11.3 Å². The summed E-state index contributed by atoms with van der Waals surface area (Å²) in [5, 5.41) is 0. The molecule has 0 aliphatic carbocycles. The Balaban J connectivity index is 1.58. The first-order chi connectivity index (χ1) is 11.4. The number of hydrogen-bond acceptors (Lipinski definition) is 7. The van der Waals surface area contributed by atoms with Gasteiger partial charge in [-0.3, -0.25) is 4.79 Å². The van der Waals surface area contributed by atoms with E-state index in [1.807, 2.05) is 0 Å². The number of esters is 1. The highest BCUT2D eigenvalue weighted by Gasteiger charge is 2.32. The minimum atomic E-state index is -3.07. The number of carbonyl (C=O) groups excluding carboxylic acids is 2. The molecule has 128 valence electrons. The van der Waals surface area contributed by atoms with E-state index in [0.29, 0.717) is 12.0 Å². The number of aromatic nitrogens is 1. The Morgan fingerprint density at radius 1 is 1.42 bits per heavy atom. The number of sulfone groups is 1. The lowest BCUT2D eigenvalue weighted by molar-refractivity contribution is -0.134. The third kappa shape index (κ3) is 3.57. The number of benzene rings is 1. The molecule has 1 aliphatic heterocycles. The molecular weight excluding hydrogens is 352 g/mol. The molecule has 2 aromatic rings. The van der Waals surface area contributed by atoms with Gasteiger partial charge in [0.25, 0.3) is 5.91 Å². The third-order valence-corrected chi connectivity index (χ3v) is 6.59. The van der Waals surface area contributed by atoms with E-state index in [9.17, 15) is 18.0 Å². The van der Waals surface area contributed by atoms with Gasteiger partial charge in [-0.25, -0.2) is 18.2 Å². The van der Waals surface area contributed by atoms with Crippen LogP contribution in [0.1, 0.15) is 16.8 Å². The van der Waals surface area contributed by atoms with Crippen LogP contribution in [0.5, 0.6) is 0 Å². The van der Waals surface area contributed by atoms with Gasteiger partial charge in [-0.2, -0.15) is 0 Å². The predicted octanol–water partition coefficient (Wildman–Crippen LogP) is 1.10. The molecule has 1 aliphatic rings. The SMILES string of the molecule is CN(C(=O)COC(=O)c1ccc2ncsc2c1)[C@@H]1CCS(=O)(=O)C1. The van der Waals surface area contributed by atoms with Gasteiger partial charge in [0, 0.05) is 13.1 Å². The van der Waals surface area contributed by atoms with Crippen molar-refractivity contribution in [2.45, 2.75) is 12.5 Å². The van der Waals surface area contributed by atoms with Crippen molar-refractivity contribution in [3.8, 4) is 0 Å². The van der Waals surface area contributed by atoms with E-state index in [1.54, 1.807) is 23.7 Å². The summed E-state index contributed by atoms with van der Waals surface area (Å²) in [7, 11) is -1.54. The number of thiazole rings is 1. The maximum Gasteiger partial charge on any atom is 0.338 e. The molecule has 0 N–H and O–H groups in total. The lowest BCUT2D eigenvalue weighted by atomic mass is 10.2. The molecule has 1 fully saturated rings. The number of likely N-dealkylation sites (N-methyl/N-ethyl adjacent to an activating group) is 1. The van der Waals surface area contributed by atoms with E-state index in [2.05, 4.69) is 4.98 Å². The topological polar surface area (TPSA) is 93.6 Å². The minimum Gasteiger partial charge on any atom is -0.452 e. The van der Waals surface area contributed by atoms with Crippen molar-refractivity contribution in [1.82, 2.24) is 9.88 Å². The molecule has 1 atom stereocenters. The highest BCUT2D eigenvalue weighted by atomic mass is 32.2. The Hall–Kier alpha value is -2.00. The van der Waals surface area contributed by atoms with E-state index in [-0.39, 0.29) is 17.5 Å². The van der Waals surface area contributed by atoms with Gasteiger partial charge < -0.3 is 9.64 Å². The van der Waals surface area contributed by atoms with Crippen LogP contribution in [-0.2, 0) is 19.4 Å². The first kappa shape index (κ1) is 16.8. The van der Waals surface area contributed by atoms with Crippen LogP contribution in [-0.4, -0.2) is 61.4 Å². The Morgan fingerprint density at radius 3 is 2.92 bits per heavy atom. The van der Waals surface area contributed by atoms with Crippen LogP contribution >= 0.6 is 11.3 Å². The second-order valence-electron chi connectivity index (χ2n) is 5.67. The van der Waals surface area contributed by atoms with Crippen LogP contribution in [0.25, 0.3) is 10.2 Å². The fourth-order valence-electron chi connectivity index (χ4n) is 2.58. The number of nitrogens with zero attached hydrogens (tertiary/aromatic N) is 2. The van der Waals surface area contributed by atoms with Crippen molar-refractivity contribution in [3.63, 3.8) is 0 Å². The summed E-state index contributed by atoms with van der Waals surface area (Å²) in [4.78, 5) is 29.6. The number of ether oxygens (including phenoxy) is 1. The van der Waals surface area contributed by atoms with Crippen molar-refractivity contribution >= 4 is 43.3 Å². The second kappa shape index (κ2) is 6.48. The van der Waals surface area contributed by atoms with Crippen molar-refractivity contribution in [2.24, 2.45) is 0 Å². The number of rotatable bonds is 4. The lowest BCUT2D eigenvalue weighted by Crippen LogP contribution is -2.40. The second-order valence-corrected chi connectivity index (χ2v) is 8.79. The van der Waals surface area contributed by atoms with Gasteiger partial charge in [0.1, 0.15) is 0 Å². The van der Waals surface area contributed by atoms with E-state index < -0.39 is 28.3 Å². The van der Waals surface area contributed by atoms with Crippen molar-refractivity contribution in [1.29, 1.82) is 0 Å². The average molecular weight is 368 g/mol. The Morgan fingerprint density at radius 2 is 2.21 bits per heavy atom. The largest absolute Gasteiger partial charge is 0.452 e. The van der Waals surface area contributed by atoms with Crippen LogP contribution in [0, 0.1) is 0 Å². The molecule has 1 aromatic heterocycles. The third-order valence-electron chi connectivity index (χ3n) is 4.04. The van der Waals surface area contributed by atoms with Gasteiger partial charge in [-0.05, 0) is 24.6 Å². The number of amides is 1. The van der Waals surface area contributed by atoms with Gasteiger partial charge in [0.05, 0.1) is 32.8 Å². The summed E-state index contributed by atoms with van der Waals surface area (Å²) in [5.41, 5.74) is 2.84. The molecule has 0 bridgehead atoms. The summed E-state index contributed by atoms with van der Waals surface area (Å²) >= 11 is 1.41. The summed E-state index contributed by atoms with van der Waals surface area (Å²) < 4.78 is 28.9. The Kier molecular flexibility index (Phi) is 4.55. The van der Waals surface area contributed by atoms with E-state index in [4.69, 9.17) is 4.74 Å². The standard InChI is InChI=1S/C15H16N2O5S2/c1-17(11-4-5-24(20,21)8-11)14(18)7-22-15(19)10-2-3-12-13(6-10)23-9-16-12/h2-3,6,9,11H,4-5,7-8H2,1H3/t11-/m1/s1. The summed E-state index contributed by atoms with van der Waals surface area (Å²) in [6, 6.07) is 4.64. The smallest absolute Gasteiger partial charge is 0.338 e. The molecule has 1 amide bonds. The van der Waals surface area contributed by atoms with Crippen molar-refractivity contribution < 1.29 is 22.7 Å². The maximum absolute atomic E-state index is 12.1. The molecule has 0 saturated carbocycles. The van der Waals surface area contributed by atoms with Gasteiger partial charge >= 0.3 is 5.97 Å². The van der Waals surface area contributed by atoms with Gasteiger partial charge in [0.15, 0.2) is 16.4 Å². The number of fused-ring (bicyclic) bond motifs is 1. The minimum absolute atomic E-state index is 0.0365. The summed E-state index contributed by atoms with van der Waals surface area (Å²) in [5.74, 6) is -0.953. The lowest BCUT2D eigenvalue weighted by Gasteiger charge is -2.23. The zero-order chi connectivity index (χ0) is 17.3. The summed E-state index contributed by atoms with van der Waals surface area (Å²) in [6.07, 6.45) is 0.417. The average Bonchev–Trinajstić information content (AvgIpc) is 3.16. The molecule has 7 nitrogen and oxygen atoms in total. The molecule has 2 heterocycles. The normalized spacial score (nSPS) is 19.3. The van der Waals surface area contributed by atoms with Crippen molar-refractivity contribution in [3.05, 3.63) is 29.3 Å². The first-order valence-corrected chi connectivity index (χ1v) is 10.0. The quantitative estimate of drug-likeness (QED) is 0.750. The highest BCUT2D eigenvalue weighted by Crippen LogP contribution is 2.20. The molecule has 0 spiro atoms. The van der Waals surface area contributed by atoms with Crippen molar-refractivity contribution in [2.75, 3.05) is 25.2 Å². The maximum atomic E-state index is 12.1. The van der Waals surface area contributed by atoms with Gasteiger partial charge in [0.2, 0.25) is 0 Å². The molecule has 3 rings (SSSR count). The fraction of sp³-hybridized carbons (Fsp3) is 0.400. The monoisotopic (exact) mass is 368 g/mol. The number of carbonyl (C=O) groups is 2. The van der Waals surface area contributed by atoms with E-state index in [1.165, 1.54) is 23.3 Å². The van der Waals surface area contributed by atoms with Crippen LogP contribution in [0.2, 0.25) is 0 Å². The molecule has 1 aromatic carbocycles. The van der Waals surface area contributed by atoms with E-state index in [0.717, 1.165) is 10.2 Å². The van der Waals surface area contributed by atoms with E-state index >= 15 is 0 Å². The van der Waals surface area contributed by atoms with Gasteiger partial charge in [-0.1, -0.05) is 0 Å². The predicted molar refractivity (Wildman–Crippen MR) is 89.7 cm³/mol. The Bertz CT molecular complexity index is 890. The van der Waals surface area contributed by atoms with Crippen LogP contribution in [0.3, 0.4) is 0 Å². The van der Waals surface area contributed by atoms with Crippen LogP contribution in [0.15, 0.2) is 23.7 Å². The molecule has 0 unspecified atom stereocenters. The zero-order valence-corrected chi connectivity index (χ0v) is 14.6. The highest BCUT2D eigenvalue weighted by molar-refractivity contribution is 7.91. The fourth-order valence-corrected chi connectivity index (χ4v) is 5.07. The number of hydrogen-bond donors (Lipinski definition) is 0. The molecule has 1 saturated heterocycles. The molecule has 9 heteroatoms. The molecule has 24 heavy (non-hydrogen) atoms. The van der Waals surface area contributed by atoms with Crippen LogP contribution < -0.4 is 0 Å². The summed E-state index contributed by atoms with van der Waals surface area (Å²) in [6.45, 7) is -0.410. The molecular formula is C15H16N2O5S2. The first-order valence-electron chi connectivity index (χ1n) is 7.32. The zero-order valence-electron chi connectivity index (χ0n) is 13.0. The van der Waals surface area contributed by atoms with Crippen LogP contribution in [0.4, 0.5) is 0 Å². The Labute approximate surface area is 143 Å².